The van der Waals surface area contributed by atoms with Gasteiger partial charge < -0.3 is 9.72 Å². The lowest BCUT2D eigenvalue weighted by Gasteiger charge is -2.17. The molecule has 6 heteroatoms. The Morgan fingerprint density at radius 1 is 1.22 bits per heavy atom. The van der Waals surface area contributed by atoms with Gasteiger partial charge in [0.2, 0.25) is 5.95 Å². The fraction of sp³-hybridized carbons (Fsp3) is 0.333. The number of aromatic nitrogens is 2. The average molecular weight is 363 g/mol. The molecule has 0 amide bonds. The number of nitrogens with one attached hydrogen (secondary N) is 2. The quantitative estimate of drug-likeness (QED) is 0.513. The average Bonchev–Trinajstić information content (AvgIpc) is 3.35. The number of rotatable bonds is 6. The summed E-state index contributed by atoms with van der Waals surface area (Å²) in [4.78, 5) is 10.2. The summed E-state index contributed by atoms with van der Waals surface area (Å²) >= 11 is 0. The number of ether oxygens (including phenoxy) is 1. The van der Waals surface area contributed by atoms with Crippen LogP contribution in [0, 0.1) is 0 Å². The molecule has 0 bridgehead atoms. The summed E-state index contributed by atoms with van der Waals surface area (Å²) in [5.74, 6) is 1.57. The molecule has 6 nitrogen and oxygen atoms in total. The van der Waals surface area contributed by atoms with Crippen molar-refractivity contribution in [1.82, 2.24) is 14.9 Å². The molecule has 1 aliphatic heterocycles. The van der Waals surface area contributed by atoms with E-state index in [4.69, 9.17) is 4.74 Å². The van der Waals surface area contributed by atoms with E-state index in [-0.39, 0.29) is 0 Å². The van der Waals surface area contributed by atoms with Gasteiger partial charge in [0.05, 0.1) is 23.9 Å². The summed E-state index contributed by atoms with van der Waals surface area (Å²) in [6.07, 6.45) is 2.56. The number of aromatic amines is 1. The number of nitrogens with zero attached hydrogens (tertiary/aromatic N) is 3. The molecular weight excluding hydrogens is 338 g/mol. The van der Waals surface area contributed by atoms with Crippen molar-refractivity contribution >= 4 is 22.7 Å². The van der Waals surface area contributed by atoms with Gasteiger partial charge in [-0.3, -0.25) is 4.90 Å². The summed E-state index contributed by atoms with van der Waals surface area (Å²) in [7, 11) is 1.73. The van der Waals surface area contributed by atoms with Crippen molar-refractivity contribution in [2.45, 2.75) is 26.3 Å². The molecule has 0 saturated carbocycles. The second kappa shape index (κ2) is 7.80. The minimum absolute atomic E-state index is 0.640. The van der Waals surface area contributed by atoms with Crippen LogP contribution in [0.2, 0.25) is 0 Å². The Hall–Kier alpha value is -2.86. The number of fused-ring (bicyclic) bond motifs is 1. The van der Waals surface area contributed by atoms with E-state index in [0.717, 1.165) is 47.7 Å². The molecule has 1 aliphatic rings. The number of hydrogen-bond donors (Lipinski definition) is 2. The molecule has 0 spiro atoms. The van der Waals surface area contributed by atoms with Gasteiger partial charge in [0.25, 0.3) is 0 Å². The first-order valence-electron chi connectivity index (χ1n) is 9.37. The monoisotopic (exact) mass is 363 g/mol. The standard InChI is InChI=1S/C21H25N5O/c1-15(24-25-21-22-18-7-3-4-8-19(18)23-21)16-9-10-20(27-2)17(13-16)14-26-11-5-6-12-26/h3-4,7-10,13H,5-6,11-12,14H2,1-2H3,(H2,22,23,25)/b24-15-. The molecule has 0 radical (unpaired) electrons. The van der Waals surface area contributed by atoms with Crippen LogP contribution >= 0.6 is 0 Å². The van der Waals surface area contributed by atoms with Crippen molar-refractivity contribution in [1.29, 1.82) is 0 Å². The number of methoxy groups -OCH3 is 1. The van der Waals surface area contributed by atoms with Gasteiger partial charge in [-0.2, -0.15) is 5.10 Å². The molecule has 0 atom stereocenters. The van der Waals surface area contributed by atoms with Crippen molar-refractivity contribution in [2.24, 2.45) is 5.10 Å². The van der Waals surface area contributed by atoms with Crippen molar-refractivity contribution < 1.29 is 4.74 Å². The van der Waals surface area contributed by atoms with E-state index < -0.39 is 0 Å². The zero-order chi connectivity index (χ0) is 18.6. The third-order valence-corrected chi connectivity index (χ3v) is 5.01. The molecule has 27 heavy (non-hydrogen) atoms. The van der Waals surface area contributed by atoms with E-state index in [9.17, 15) is 0 Å². The van der Waals surface area contributed by atoms with Crippen LogP contribution in [0.4, 0.5) is 5.95 Å². The number of hydrogen-bond acceptors (Lipinski definition) is 5. The Balaban J connectivity index is 1.52. The second-order valence-corrected chi connectivity index (χ2v) is 6.92. The van der Waals surface area contributed by atoms with Crippen LogP contribution < -0.4 is 10.2 Å². The molecule has 1 aromatic heterocycles. The third-order valence-electron chi connectivity index (χ3n) is 5.01. The van der Waals surface area contributed by atoms with Crippen LogP contribution in [0.15, 0.2) is 47.6 Å². The highest BCUT2D eigenvalue weighted by atomic mass is 16.5. The number of hydrazone groups is 1. The number of likely N-dealkylation sites (tertiary alicyclic amines) is 1. The number of benzene rings is 2. The summed E-state index contributed by atoms with van der Waals surface area (Å²) in [5.41, 5.74) is 8.13. The van der Waals surface area contributed by atoms with Crippen LogP contribution in [0.3, 0.4) is 0 Å². The SMILES string of the molecule is COc1ccc(/C(C)=N\Nc2nc3ccccc3[nH]2)cc1CN1CCCC1. The lowest BCUT2D eigenvalue weighted by molar-refractivity contribution is 0.321. The third kappa shape index (κ3) is 3.95. The summed E-state index contributed by atoms with van der Waals surface area (Å²) in [6, 6.07) is 14.2. The molecule has 2 aromatic carbocycles. The smallest absolute Gasteiger partial charge is 0.222 e. The van der Waals surface area contributed by atoms with E-state index >= 15 is 0 Å². The first kappa shape index (κ1) is 17.5. The maximum absolute atomic E-state index is 5.56. The van der Waals surface area contributed by atoms with Gasteiger partial charge in [-0.15, -0.1) is 0 Å². The van der Waals surface area contributed by atoms with Gasteiger partial charge in [0.1, 0.15) is 5.75 Å². The maximum Gasteiger partial charge on any atom is 0.222 e. The first-order chi connectivity index (χ1) is 13.2. The van der Waals surface area contributed by atoms with Crippen LogP contribution in [0.1, 0.15) is 30.9 Å². The van der Waals surface area contributed by atoms with Gasteiger partial charge in [-0.05, 0) is 68.8 Å². The van der Waals surface area contributed by atoms with Crippen molar-refractivity contribution in [3.05, 3.63) is 53.6 Å². The highest BCUT2D eigenvalue weighted by Crippen LogP contribution is 2.24. The summed E-state index contributed by atoms with van der Waals surface area (Å²) in [6.45, 7) is 5.24. The molecule has 2 N–H and O–H groups in total. The van der Waals surface area contributed by atoms with Gasteiger partial charge in [-0.1, -0.05) is 12.1 Å². The van der Waals surface area contributed by atoms with Crippen LogP contribution in [-0.4, -0.2) is 40.8 Å². The minimum atomic E-state index is 0.640. The molecule has 0 aliphatic carbocycles. The van der Waals surface area contributed by atoms with Gasteiger partial charge in [-0.25, -0.2) is 10.4 Å². The normalized spacial score (nSPS) is 15.4. The Morgan fingerprint density at radius 3 is 2.81 bits per heavy atom. The lowest BCUT2D eigenvalue weighted by atomic mass is 10.1. The summed E-state index contributed by atoms with van der Waals surface area (Å²) < 4.78 is 5.56. The fourth-order valence-corrected chi connectivity index (χ4v) is 3.52. The van der Waals surface area contributed by atoms with Crippen molar-refractivity contribution in [3.8, 4) is 5.75 Å². The molecule has 1 saturated heterocycles. The Bertz CT molecular complexity index is 923. The second-order valence-electron chi connectivity index (χ2n) is 6.92. The molecule has 3 aromatic rings. The van der Waals surface area contributed by atoms with E-state index in [1.807, 2.05) is 43.3 Å². The molecule has 2 heterocycles. The topological polar surface area (TPSA) is 65.5 Å². The largest absolute Gasteiger partial charge is 0.496 e. The number of H-pyrrole nitrogens is 1. The summed E-state index contributed by atoms with van der Waals surface area (Å²) in [5, 5.41) is 4.51. The zero-order valence-corrected chi connectivity index (χ0v) is 15.8. The van der Waals surface area contributed by atoms with Crippen LogP contribution in [-0.2, 0) is 6.54 Å². The molecule has 140 valence electrons. The van der Waals surface area contributed by atoms with E-state index in [1.54, 1.807) is 7.11 Å². The molecule has 0 unspecified atom stereocenters. The van der Waals surface area contributed by atoms with E-state index in [0.29, 0.717) is 5.95 Å². The highest BCUT2D eigenvalue weighted by molar-refractivity contribution is 5.99. The predicted molar refractivity (Wildman–Crippen MR) is 109 cm³/mol. The predicted octanol–water partition coefficient (Wildman–Crippen LogP) is 4.00. The fourth-order valence-electron chi connectivity index (χ4n) is 3.52. The molecule has 4 rings (SSSR count). The minimum Gasteiger partial charge on any atom is -0.496 e. The van der Waals surface area contributed by atoms with Gasteiger partial charge in [0.15, 0.2) is 0 Å². The maximum atomic E-state index is 5.56. The van der Waals surface area contributed by atoms with Crippen molar-refractivity contribution in [2.75, 3.05) is 25.6 Å². The van der Waals surface area contributed by atoms with E-state index in [1.165, 1.54) is 18.4 Å². The molecule has 1 fully saturated rings. The number of para-hydroxylation sites is 2. The number of imidazole rings is 1. The van der Waals surface area contributed by atoms with Gasteiger partial charge in [0, 0.05) is 12.1 Å². The van der Waals surface area contributed by atoms with Gasteiger partial charge >= 0.3 is 0 Å². The number of anilines is 1. The highest BCUT2D eigenvalue weighted by Gasteiger charge is 2.15. The Kier molecular flexibility index (Phi) is 5.07. The van der Waals surface area contributed by atoms with Crippen molar-refractivity contribution in [3.63, 3.8) is 0 Å². The van der Waals surface area contributed by atoms with E-state index in [2.05, 4.69) is 31.5 Å². The lowest BCUT2D eigenvalue weighted by Crippen LogP contribution is -2.19. The van der Waals surface area contributed by atoms with Crippen LogP contribution in [0.5, 0.6) is 5.75 Å². The zero-order valence-electron chi connectivity index (χ0n) is 15.8. The molecular formula is C21H25N5O. The first-order valence-corrected chi connectivity index (χ1v) is 9.37. The van der Waals surface area contributed by atoms with Crippen LogP contribution in [0.25, 0.3) is 11.0 Å². The Morgan fingerprint density at radius 2 is 2.04 bits per heavy atom. The Labute approximate surface area is 159 Å².